The van der Waals surface area contributed by atoms with E-state index in [1.54, 1.807) is 24.3 Å². The number of nitrogens with two attached hydrogens (primary N) is 1. The highest BCUT2D eigenvalue weighted by Crippen LogP contribution is 2.46. The van der Waals surface area contributed by atoms with Crippen LogP contribution in [0.2, 0.25) is 0 Å². The molecule has 0 bridgehead atoms. The Morgan fingerprint density at radius 1 is 1.21 bits per heavy atom. The van der Waals surface area contributed by atoms with Crippen LogP contribution in [-0.4, -0.2) is 21.9 Å². The Labute approximate surface area is 140 Å². The van der Waals surface area contributed by atoms with Gasteiger partial charge in [-0.3, -0.25) is 10.1 Å². The highest BCUT2D eigenvalue weighted by molar-refractivity contribution is 5.48. The van der Waals surface area contributed by atoms with Crippen LogP contribution in [0.3, 0.4) is 0 Å². The van der Waals surface area contributed by atoms with E-state index in [4.69, 9.17) is 10.5 Å². The second-order valence-electron chi connectivity index (χ2n) is 6.34. The van der Waals surface area contributed by atoms with Crippen LogP contribution in [0.1, 0.15) is 36.5 Å². The molecule has 3 rings (SSSR count). The van der Waals surface area contributed by atoms with Gasteiger partial charge in [0.25, 0.3) is 0 Å². The third-order valence-corrected chi connectivity index (χ3v) is 4.48. The van der Waals surface area contributed by atoms with Gasteiger partial charge in [-0.1, -0.05) is 48.5 Å². The standard InChI is InChI=1S/C18H20N2O4/c1-18(21)11-14(12-7-3-2-4-8-12)16(20(22)23)17(24-18)13-9-5-6-10-15(13)19/h2-10,14,16-17,21H,11,19H2,1H3/t14-,16+,17+,18+/m0/s1. The van der Waals surface area contributed by atoms with Crippen LogP contribution in [0.25, 0.3) is 0 Å². The summed E-state index contributed by atoms with van der Waals surface area (Å²) in [7, 11) is 0. The van der Waals surface area contributed by atoms with Crippen LogP contribution in [0.5, 0.6) is 0 Å². The van der Waals surface area contributed by atoms with E-state index in [1.807, 2.05) is 30.3 Å². The van der Waals surface area contributed by atoms with E-state index in [1.165, 1.54) is 6.92 Å². The summed E-state index contributed by atoms with van der Waals surface area (Å²) < 4.78 is 5.70. The number of nitrogen functional groups attached to an aromatic ring is 1. The first-order chi connectivity index (χ1) is 11.4. The van der Waals surface area contributed by atoms with Gasteiger partial charge in [-0.25, -0.2) is 0 Å². The van der Waals surface area contributed by atoms with Crippen molar-refractivity contribution in [1.29, 1.82) is 0 Å². The van der Waals surface area contributed by atoms with Gasteiger partial charge in [0.1, 0.15) is 0 Å². The molecule has 6 nitrogen and oxygen atoms in total. The van der Waals surface area contributed by atoms with E-state index in [2.05, 4.69) is 0 Å². The second kappa shape index (κ2) is 6.22. The first-order valence-corrected chi connectivity index (χ1v) is 7.82. The van der Waals surface area contributed by atoms with Gasteiger partial charge >= 0.3 is 0 Å². The maximum absolute atomic E-state index is 11.8. The number of anilines is 1. The number of nitro groups is 1. The molecule has 0 aromatic heterocycles. The molecule has 1 aliphatic rings. The Balaban J connectivity index is 2.10. The van der Waals surface area contributed by atoms with Crippen molar-refractivity contribution >= 4 is 5.69 Å². The zero-order chi connectivity index (χ0) is 17.3. The van der Waals surface area contributed by atoms with E-state index < -0.39 is 23.9 Å². The molecule has 4 atom stereocenters. The quantitative estimate of drug-likeness (QED) is 0.513. The van der Waals surface area contributed by atoms with E-state index in [0.29, 0.717) is 11.3 Å². The maximum Gasteiger partial charge on any atom is 0.250 e. The SMILES string of the molecule is C[C@]1(O)C[C@@H](c2ccccc2)[C@@H]([N+](=O)[O-])[C@@H](c2ccccc2N)O1. The van der Waals surface area contributed by atoms with Crippen molar-refractivity contribution in [2.24, 2.45) is 0 Å². The summed E-state index contributed by atoms with van der Waals surface area (Å²) in [6.07, 6.45) is -0.776. The highest BCUT2D eigenvalue weighted by Gasteiger charge is 2.51. The normalized spacial score (nSPS) is 30.0. The molecule has 0 spiro atoms. The van der Waals surface area contributed by atoms with Crippen molar-refractivity contribution in [3.8, 4) is 0 Å². The smallest absolute Gasteiger partial charge is 0.250 e. The molecule has 0 saturated carbocycles. The fourth-order valence-corrected chi connectivity index (χ4v) is 3.42. The summed E-state index contributed by atoms with van der Waals surface area (Å²) in [4.78, 5) is 11.5. The van der Waals surface area contributed by atoms with Gasteiger partial charge in [0.15, 0.2) is 11.9 Å². The van der Waals surface area contributed by atoms with E-state index in [-0.39, 0.29) is 11.3 Å². The molecule has 1 saturated heterocycles. The number of rotatable bonds is 3. The van der Waals surface area contributed by atoms with Crippen molar-refractivity contribution in [2.45, 2.75) is 37.2 Å². The van der Waals surface area contributed by atoms with Gasteiger partial charge in [-0.2, -0.15) is 0 Å². The van der Waals surface area contributed by atoms with Gasteiger partial charge in [0.05, 0.1) is 5.92 Å². The molecule has 24 heavy (non-hydrogen) atoms. The average Bonchev–Trinajstić information content (AvgIpc) is 2.54. The molecule has 1 heterocycles. The van der Waals surface area contributed by atoms with Crippen molar-refractivity contribution < 1.29 is 14.8 Å². The summed E-state index contributed by atoms with van der Waals surface area (Å²) in [5, 5.41) is 22.4. The van der Waals surface area contributed by atoms with Crippen molar-refractivity contribution in [3.63, 3.8) is 0 Å². The predicted octanol–water partition coefficient (Wildman–Crippen LogP) is 2.87. The molecule has 2 aromatic carbocycles. The summed E-state index contributed by atoms with van der Waals surface area (Å²) >= 11 is 0. The van der Waals surface area contributed by atoms with Crippen molar-refractivity contribution in [1.82, 2.24) is 0 Å². The molecule has 0 unspecified atom stereocenters. The Kier molecular flexibility index (Phi) is 4.26. The van der Waals surface area contributed by atoms with E-state index in [0.717, 1.165) is 5.56 Å². The predicted molar refractivity (Wildman–Crippen MR) is 89.9 cm³/mol. The van der Waals surface area contributed by atoms with Crippen LogP contribution in [0.4, 0.5) is 5.69 Å². The minimum absolute atomic E-state index is 0.145. The summed E-state index contributed by atoms with van der Waals surface area (Å²) in [5.74, 6) is -1.95. The number of nitrogens with zero attached hydrogens (tertiary/aromatic N) is 1. The topological polar surface area (TPSA) is 98.6 Å². The largest absolute Gasteiger partial charge is 0.398 e. The van der Waals surface area contributed by atoms with Crippen LogP contribution in [0.15, 0.2) is 54.6 Å². The molecule has 1 aliphatic heterocycles. The first kappa shape index (κ1) is 16.4. The lowest BCUT2D eigenvalue weighted by atomic mass is 9.79. The lowest BCUT2D eigenvalue weighted by Crippen LogP contribution is -2.48. The lowest BCUT2D eigenvalue weighted by Gasteiger charge is -2.41. The second-order valence-corrected chi connectivity index (χ2v) is 6.34. The summed E-state index contributed by atoms with van der Waals surface area (Å²) in [5.41, 5.74) is 7.75. The number of aliphatic hydroxyl groups is 1. The Hall–Kier alpha value is -2.44. The number of hydrogen-bond donors (Lipinski definition) is 2. The molecule has 0 amide bonds. The number of ether oxygens (including phenoxy) is 1. The third-order valence-electron chi connectivity index (χ3n) is 4.48. The lowest BCUT2D eigenvalue weighted by molar-refractivity contribution is -0.555. The van der Waals surface area contributed by atoms with Crippen LogP contribution < -0.4 is 5.73 Å². The van der Waals surface area contributed by atoms with Gasteiger partial charge in [-0.05, 0) is 18.6 Å². The monoisotopic (exact) mass is 328 g/mol. The van der Waals surface area contributed by atoms with Crippen molar-refractivity contribution in [3.05, 3.63) is 75.8 Å². The van der Waals surface area contributed by atoms with Crippen LogP contribution in [0, 0.1) is 10.1 Å². The van der Waals surface area contributed by atoms with Crippen LogP contribution in [-0.2, 0) is 4.74 Å². The molecule has 126 valence electrons. The minimum atomic E-state index is -1.47. The number of para-hydroxylation sites is 1. The molecular formula is C18H20N2O4. The van der Waals surface area contributed by atoms with Crippen molar-refractivity contribution in [2.75, 3.05) is 5.73 Å². The fraction of sp³-hybridized carbons (Fsp3) is 0.333. The molecule has 3 N–H and O–H groups in total. The first-order valence-electron chi connectivity index (χ1n) is 7.82. The Morgan fingerprint density at radius 2 is 1.83 bits per heavy atom. The summed E-state index contributed by atoms with van der Waals surface area (Å²) in [6, 6.07) is 15.1. The highest BCUT2D eigenvalue weighted by atomic mass is 16.7. The molecule has 2 aromatic rings. The van der Waals surface area contributed by atoms with Gasteiger partial charge in [0.2, 0.25) is 6.04 Å². The molecular weight excluding hydrogens is 308 g/mol. The van der Waals surface area contributed by atoms with E-state index >= 15 is 0 Å². The minimum Gasteiger partial charge on any atom is -0.398 e. The third kappa shape index (κ3) is 3.11. The fourth-order valence-electron chi connectivity index (χ4n) is 3.42. The Bertz CT molecular complexity index is 733. The molecule has 0 aliphatic carbocycles. The zero-order valence-electron chi connectivity index (χ0n) is 13.3. The number of benzene rings is 2. The maximum atomic E-state index is 11.8. The average molecular weight is 328 g/mol. The van der Waals surface area contributed by atoms with Gasteiger partial charge in [0, 0.05) is 22.6 Å². The molecule has 0 radical (unpaired) electrons. The van der Waals surface area contributed by atoms with E-state index in [9.17, 15) is 15.2 Å². The molecule has 6 heteroatoms. The number of hydrogen-bond acceptors (Lipinski definition) is 5. The molecule has 1 fully saturated rings. The van der Waals surface area contributed by atoms with Crippen LogP contribution >= 0.6 is 0 Å². The van der Waals surface area contributed by atoms with Gasteiger partial charge in [-0.15, -0.1) is 0 Å². The Morgan fingerprint density at radius 3 is 2.46 bits per heavy atom. The zero-order valence-corrected chi connectivity index (χ0v) is 13.3. The van der Waals surface area contributed by atoms with Gasteiger partial charge < -0.3 is 15.6 Å². The summed E-state index contributed by atoms with van der Waals surface area (Å²) in [6.45, 7) is 1.53.